The first kappa shape index (κ1) is 17.1. The first-order valence-electron chi connectivity index (χ1n) is 6.93. The zero-order valence-corrected chi connectivity index (χ0v) is 12.6. The van der Waals surface area contributed by atoms with Gasteiger partial charge >= 0.3 is 0 Å². The quantitative estimate of drug-likeness (QED) is 0.749. The number of nitrogens with one attached hydrogen (secondary N) is 2. The lowest BCUT2D eigenvalue weighted by Gasteiger charge is -2.12. The van der Waals surface area contributed by atoms with Gasteiger partial charge in [0.2, 0.25) is 5.91 Å². The third kappa shape index (κ3) is 5.51. The summed E-state index contributed by atoms with van der Waals surface area (Å²) >= 11 is 0. The highest BCUT2D eigenvalue weighted by atomic mass is 19.1. The minimum atomic E-state index is -0.639. The summed E-state index contributed by atoms with van der Waals surface area (Å²) in [4.78, 5) is 23.4. The van der Waals surface area contributed by atoms with Crippen LogP contribution in [-0.2, 0) is 4.79 Å². The van der Waals surface area contributed by atoms with Gasteiger partial charge in [0.1, 0.15) is 5.82 Å². The molecule has 1 aromatic rings. The lowest BCUT2D eigenvalue weighted by Crippen LogP contribution is -2.37. The molecule has 5 nitrogen and oxygen atoms in total. The van der Waals surface area contributed by atoms with Crippen molar-refractivity contribution in [3.63, 3.8) is 0 Å². The molecule has 0 saturated heterocycles. The van der Waals surface area contributed by atoms with Crippen molar-refractivity contribution in [3.05, 3.63) is 29.6 Å². The third-order valence-electron chi connectivity index (χ3n) is 2.83. The van der Waals surface area contributed by atoms with Crippen LogP contribution < -0.4 is 16.4 Å². The summed E-state index contributed by atoms with van der Waals surface area (Å²) in [6.45, 7) is 5.87. The molecule has 0 aliphatic rings. The molecule has 116 valence electrons. The van der Waals surface area contributed by atoms with Crippen molar-refractivity contribution < 1.29 is 14.0 Å². The Balaban J connectivity index is 2.76. The Labute approximate surface area is 124 Å². The number of halogens is 1. The summed E-state index contributed by atoms with van der Waals surface area (Å²) in [5, 5.41) is 5.14. The second-order valence-electron chi connectivity index (χ2n) is 5.45. The van der Waals surface area contributed by atoms with Crippen LogP contribution in [0.5, 0.6) is 0 Å². The van der Waals surface area contributed by atoms with Crippen LogP contribution in [0.25, 0.3) is 0 Å². The lowest BCUT2D eigenvalue weighted by atomic mass is 10.1. The predicted molar refractivity (Wildman–Crippen MR) is 80.5 cm³/mol. The first-order chi connectivity index (χ1) is 9.83. The topological polar surface area (TPSA) is 84.2 Å². The smallest absolute Gasteiger partial charge is 0.251 e. The average molecular weight is 295 g/mol. The monoisotopic (exact) mass is 295 g/mol. The zero-order valence-electron chi connectivity index (χ0n) is 12.6. The molecule has 0 aliphatic heterocycles. The van der Waals surface area contributed by atoms with E-state index in [0.29, 0.717) is 13.0 Å². The Morgan fingerprint density at radius 2 is 1.95 bits per heavy atom. The molecule has 0 bridgehead atoms. The van der Waals surface area contributed by atoms with Gasteiger partial charge in [-0.2, -0.15) is 0 Å². The van der Waals surface area contributed by atoms with Gasteiger partial charge in [-0.15, -0.1) is 0 Å². The second kappa shape index (κ2) is 7.73. The van der Waals surface area contributed by atoms with Crippen molar-refractivity contribution >= 4 is 17.5 Å². The van der Waals surface area contributed by atoms with Gasteiger partial charge in [-0.1, -0.05) is 13.8 Å². The van der Waals surface area contributed by atoms with Crippen molar-refractivity contribution in [3.8, 4) is 0 Å². The molecule has 0 heterocycles. The maximum Gasteiger partial charge on any atom is 0.251 e. The summed E-state index contributed by atoms with van der Waals surface area (Å²) in [6.07, 6.45) is 0.315. The molecular weight excluding hydrogens is 273 g/mol. The molecule has 2 amide bonds. The first-order valence-corrected chi connectivity index (χ1v) is 6.93. The van der Waals surface area contributed by atoms with E-state index >= 15 is 0 Å². The highest BCUT2D eigenvalue weighted by Crippen LogP contribution is 2.17. The van der Waals surface area contributed by atoms with E-state index in [1.807, 2.05) is 13.8 Å². The Hall–Kier alpha value is -1.95. The molecule has 21 heavy (non-hydrogen) atoms. The summed E-state index contributed by atoms with van der Waals surface area (Å²) in [5.74, 6) is -1.10. The highest BCUT2D eigenvalue weighted by Gasteiger charge is 2.13. The Kier molecular flexibility index (Phi) is 6.30. The molecule has 0 saturated carbocycles. The van der Waals surface area contributed by atoms with Crippen molar-refractivity contribution in [2.45, 2.75) is 33.2 Å². The van der Waals surface area contributed by atoms with E-state index in [4.69, 9.17) is 5.73 Å². The number of benzene rings is 1. The fraction of sp³-hybridized carbons (Fsp3) is 0.467. The van der Waals surface area contributed by atoms with E-state index < -0.39 is 11.7 Å². The number of hydrogen-bond acceptors (Lipinski definition) is 3. The van der Waals surface area contributed by atoms with Crippen LogP contribution in [0.3, 0.4) is 0 Å². The summed E-state index contributed by atoms with van der Waals surface area (Å²) in [6, 6.07) is 3.76. The van der Waals surface area contributed by atoms with Crippen molar-refractivity contribution in [2.75, 3.05) is 11.9 Å². The molecule has 0 unspecified atom stereocenters. The van der Waals surface area contributed by atoms with Gasteiger partial charge in [0.25, 0.3) is 5.91 Å². The van der Waals surface area contributed by atoms with Crippen LogP contribution in [0.15, 0.2) is 18.2 Å². The number of rotatable bonds is 6. The van der Waals surface area contributed by atoms with Gasteiger partial charge in [0, 0.05) is 24.6 Å². The van der Waals surface area contributed by atoms with Gasteiger partial charge in [-0.05, 0) is 31.0 Å². The van der Waals surface area contributed by atoms with E-state index in [9.17, 15) is 14.0 Å². The number of carbonyl (C=O) groups excluding carboxylic acids is 2. The lowest BCUT2D eigenvalue weighted by molar-refractivity contribution is -0.116. The average Bonchev–Trinajstić information content (AvgIpc) is 2.39. The van der Waals surface area contributed by atoms with E-state index in [2.05, 4.69) is 10.6 Å². The zero-order chi connectivity index (χ0) is 16.0. The van der Waals surface area contributed by atoms with Crippen LogP contribution in [-0.4, -0.2) is 24.4 Å². The van der Waals surface area contributed by atoms with Crippen LogP contribution in [0.2, 0.25) is 0 Å². The summed E-state index contributed by atoms with van der Waals surface area (Å²) < 4.78 is 13.9. The predicted octanol–water partition coefficient (Wildman–Crippen LogP) is 1.89. The molecule has 1 aromatic carbocycles. The van der Waals surface area contributed by atoms with E-state index in [0.717, 1.165) is 6.07 Å². The minimum Gasteiger partial charge on any atom is -0.348 e. The molecule has 4 N–H and O–H groups in total. The van der Waals surface area contributed by atoms with E-state index in [1.54, 1.807) is 6.92 Å². The van der Waals surface area contributed by atoms with Gasteiger partial charge in [-0.25, -0.2) is 4.39 Å². The van der Waals surface area contributed by atoms with Crippen LogP contribution >= 0.6 is 0 Å². The number of amides is 2. The number of nitrogens with two attached hydrogens (primary N) is 1. The fourth-order valence-corrected chi connectivity index (χ4v) is 1.70. The molecule has 0 aliphatic carbocycles. The van der Waals surface area contributed by atoms with E-state index in [1.165, 1.54) is 12.1 Å². The number of anilines is 1. The molecule has 0 radical (unpaired) electrons. The standard InChI is InChI=1S/C15H22FN3O2/c1-9(2)6-14(20)19-13-5-4-11(7-12(13)16)15(21)18-10(3)8-17/h4-5,7,9-10H,6,8,17H2,1-3H3,(H,18,21)(H,19,20)/t10-/m0/s1. The van der Waals surface area contributed by atoms with Crippen molar-refractivity contribution in [2.24, 2.45) is 11.7 Å². The maximum atomic E-state index is 13.9. The molecular formula is C15H22FN3O2. The van der Waals surface area contributed by atoms with Crippen LogP contribution in [0.1, 0.15) is 37.6 Å². The Morgan fingerprint density at radius 1 is 1.29 bits per heavy atom. The minimum absolute atomic E-state index is 0.0732. The Morgan fingerprint density at radius 3 is 2.48 bits per heavy atom. The van der Waals surface area contributed by atoms with Gasteiger partial charge in [0.15, 0.2) is 0 Å². The molecule has 1 atom stereocenters. The largest absolute Gasteiger partial charge is 0.348 e. The summed E-state index contributed by atoms with van der Waals surface area (Å²) in [7, 11) is 0. The molecule has 6 heteroatoms. The van der Waals surface area contributed by atoms with Crippen molar-refractivity contribution in [1.82, 2.24) is 5.32 Å². The Bertz CT molecular complexity index is 518. The molecule has 0 fully saturated rings. The number of carbonyl (C=O) groups is 2. The van der Waals surface area contributed by atoms with Gasteiger partial charge in [0.05, 0.1) is 5.69 Å². The molecule has 0 spiro atoms. The van der Waals surface area contributed by atoms with Gasteiger partial charge < -0.3 is 16.4 Å². The molecule has 0 aromatic heterocycles. The number of hydrogen-bond donors (Lipinski definition) is 3. The van der Waals surface area contributed by atoms with Gasteiger partial charge in [-0.3, -0.25) is 9.59 Å². The third-order valence-corrected chi connectivity index (χ3v) is 2.83. The van der Waals surface area contributed by atoms with Crippen LogP contribution in [0.4, 0.5) is 10.1 Å². The van der Waals surface area contributed by atoms with Crippen molar-refractivity contribution in [1.29, 1.82) is 0 Å². The fourth-order valence-electron chi connectivity index (χ4n) is 1.70. The van der Waals surface area contributed by atoms with E-state index in [-0.39, 0.29) is 29.1 Å². The highest BCUT2D eigenvalue weighted by molar-refractivity contribution is 5.96. The van der Waals surface area contributed by atoms with Crippen LogP contribution in [0, 0.1) is 11.7 Å². The maximum absolute atomic E-state index is 13.9. The second-order valence-corrected chi connectivity index (χ2v) is 5.45. The summed E-state index contributed by atoms with van der Waals surface area (Å²) in [5.41, 5.74) is 5.67. The SMILES string of the molecule is CC(C)CC(=O)Nc1ccc(C(=O)N[C@@H](C)CN)cc1F. The normalized spacial score (nSPS) is 12.1. The molecule has 1 rings (SSSR count).